The molecule has 1 aromatic carbocycles. The summed E-state index contributed by atoms with van der Waals surface area (Å²) >= 11 is 1.07. The molecule has 21 heavy (non-hydrogen) atoms. The van der Waals surface area contributed by atoms with Gasteiger partial charge >= 0.3 is 0 Å². The van der Waals surface area contributed by atoms with E-state index in [1.165, 1.54) is 0 Å². The first-order chi connectivity index (χ1) is 9.93. The van der Waals surface area contributed by atoms with Gasteiger partial charge in [0, 0.05) is 12.8 Å². The molecular weight excluding hydrogens is 306 g/mol. The zero-order valence-corrected chi connectivity index (χ0v) is 13.1. The molecule has 0 aliphatic rings. The SMILES string of the molecule is CS(=O)(=O)c1c(NCCc2ccccc2)sc(C#N)c1N. The Morgan fingerprint density at radius 1 is 1.33 bits per heavy atom. The van der Waals surface area contributed by atoms with E-state index in [4.69, 9.17) is 11.0 Å². The van der Waals surface area contributed by atoms with E-state index >= 15 is 0 Å². The first-order valence-corrected chi connectivity index (χ1v) is 8.94. The van der Waals surface area contributed by atoms with Gasteiger partial charge in [0.2, 0.25) is 0 Å². The van der Waals surface area contributed by atoms with Crippen LogP contribution in [0.4, 0.5) is 10.7 Å². The highest BCUT2D eigenvalue weighted by Gasteiger charge is 2.23. The lowest BCUT2D eigenvalue weighted by atomic mass is 10.1. The van der Waals surface area contributed by atoms with Crippen molar-refractivity contribution in [2.24, 2.45) is 0 Å². The second-order valence-corrected chi connectivity index (χ2v) is 7.52. The summed E-state index contributed by atoms with van der Waals surface area (Å²) in [6.45, 7) is 0.567. The molecule has 110 valence electrons. The molecule has 0 unspecified atom stereocenters. The Morgan fingerprint density at radius 2 is 2.00 bits per heavy atom. The summed E-state index contributed by atoms with van der Waals surface area (Å²) in [5.74, 6) is 0. The van der Waals surface area contributed by atoms with Crippen LogP contribution in [0.3, 0.4) is 0 Å². The van der Waals surface area contributed by atoms with Gasteiger partial charge in [0.25, 0.3) is 0 Å². The average molecular weight is 321 g/mol. The summed E-state index contributed by atoms with van der Waals surface area (Å²) in [5.41, 5.74) is 6.94. The van der Waals surface area contributed by atoms with E-state index in [1.54, 1.807) is 0 Å². The molecule has 2 rings (SSSR count). The number of thiophene rings is 1. The molecule has 3 N–H and O–H groups in total. The van der Waals surface area contributed by atoms with Crippen molar-refractivity contribution in [3.05, 3.63) is 40.8 Å². The Balaban J connectivity index is 2.19. The third kappa shape index (κ3) is 3.54. The second-order valence-electron chi connectivity index (χ2n) is 4.55. The van der Waals surface area contributed by atoms with Gasteiger partial charge in [-0.3, -0.25) is 0 Å². The van der Waals surface area contributed by atoms with E-state index in [-0.39, 0.29) is 15.5 Å². The number of benzene rings is 1. The van der Waals surface area contributed by atoms with Crippen molar-refractivity contribution in [3.8, 4) is 6.07 Å². The van der Waals surface area contributed by atoms with Crippen LogP contribution in [0, 0.1) is 11.3 Å². The molecule has 0 saturated carbocycles. The minimum atomic E-state index is -3.48. The van der Waals surface area contributed by atoms with Crippen molar-refractivity contribution in [1.82, 2.24) is 0 Å². The summed E-state index contributed by atoms with van der Waals surface area (Å²) in [6.07, 6.45) is 1.85. The van der Waals surface area contributed by atoms with Crippen molar-refractivity contribution in [1.29, 1.82) is 5.26 Å². The lowest BCUT2D eigenvalue weighted by Gasteiger charge is -2.07. The number of anilines is 2. The average Bonchev–Trinajstić information content (AvgIpc) is 2.76. The number of nitrogens with two attached hydrogens (primary N) is 1. The number of rotatable bonds is 5. The molecule has 5 nitrogen and oxygen atoms in total. The van der Waals surface area contributed by atoms with Crippen LogP contribution < -0.4 is 11.1 Å². The Morgan fingerprint density at radius 3 is 2.57 bits per heavy atom. The molecule has 0 bridgehead atoms. The largest absolute Gasteiger partial charge is 0.396 e. The van der Waals surface area contributed by atoms with E-state index in [0.29, 0.717) is 11.5 Å². The van der Waals surface area contributed by atoms with Crippen molar-refractivity contribution in [3.63, 3.8) is 0 Å². The van der Waals surface area contributed by atoms with E-state index in [1.807, 2.05) is 36.4 Å². The van der Waals surface area contributed by atoms with E-state index < -0.39 is 9.84 Å². The van der Waals surface area contributed by atoms with E-state index in [9.17, 15) is 8.42 Å². The maximum absolute atomic E-state index is 11.8. The van der Waals surface area contributed by atoms with Crippen LogP contribution in [-0.2, 0) is 16.3 Å². The third-order valence-electron chi connectivity index (χ3n) is 2.91. The molecule has 0 aliphatic heterocycles. The van der Waals surface area contributed by atoms with Crippen LogP contribution >= 0.6 is 11.3 Å². The number of nitrogens with one attached hydrogen (secondary N) is 1. The zero-order chi connectivity index (χ0) is 15.5. The number of hydrogen-bond acceptors (Lipinski definition) is 6. The number of hydrogen-bond donors (Lipinski definition) is 2. The molecule has 0 radical (unpaired) electrons. The predicted octanol–water partition coefficient (Wildman–Crippen LogP) is 2.26. The molecule has 0 aliphatic carbocycles. The van der Waals surface area contributed by atoms with Crippen LogP contribution in [0.2, 0.25) is 0 Å². The molecule has 0 saturated heterocycles. The van der Waals surface area contributed by atoms with Gasteiger partial charge in [0.15, 0.2) is 9.84 Å². The highest BCUT2D eigenvalue weighted by Crippen LogP contribution is 2.38. The van der Waals surface area contributed by atoms with Crippen molar-refractivity contribution >= 4 is 31.9 Å². The lowest BCUT2D eigenvalue weighted by molar-refractivity contribution is 0.603. The summed E-state index contributed by atoms with van der Waals surface area (Å²) in [6, 6.07) is 11.8. The predicted molar refractivity (Wildman–Crippen MR) is 85.2 cm³/mol. The van der Waals surface area contributed by atoms with Gasteiger partial charge in [-0.25, -0.2) is 8.42 Å². The maximum Gasteiger partial charge on any atom is 0.180 e. The normalized spacial score (nSPS) is 11.0. The van der Waals surface area contributed by atoms with Gasteiger partial charge < -0.3 is 11.1 Å². The van der Waals surface area contributed by atoms with E-state index in [0.717, 1.165) is 29.6 Å². The molecule has 1 aromatic heterocycles. The minimum absolute atomic E-state index is 0.0251. The Bertz CT molecular complexity index is 775. The van der Waals surface area contributed by atoms with Crippen molar-refractivity contribution < 1.29 is 8.42 Å². The molecule has 1 heterocycles. The molecule has 0 amide bonds. The van der Waals surface area contributed by atoms with E-state index in [2.05, 4.69) is 5.32 Å². The first-order valence-electron chi connectivity index (χ1n) is 6.23. The van der Waals surface area contributed by atoms with Gasteiger partial charge in [0.1, 0.15) is 20.8 Å². The Labute approximate surface area is 127 Å². The topological polar surface area (TPSA) is 96.0 Å². The quantitative estimate of drug-likeness (QED) is 0.880. The zero-order valence-electron chi connectivity index (χ0n) is 11.5. The Hall–Kier alpha value is -2.04. The monoisotopic (exact) mass is 321 g/mol. The fourth-order valence-corrected chi connectivity index (χ4v) is 4.35. The molecule has 0 spiro atoms. The highest BCUT2D eigenvalue weighted by atomic mass is 32.2. The molecule has 0 atom stereocenters. The van der Waals surface area contributed by atoms with Gasteiger partial charge in [-0.15, -0.1) is 11.3 Å². The maximum atomic E-state index is 11.8. The van der Waals surface area contributed by atoms with Crippen LogP contribution in [-0.4, -0.2) is 21.2 Å². The summed E-state index contributed by atoms with van der Waals surface area (Å²) < 4.78 is 23.6. The van der Waals surface area contributed by atoms with Gasteiger partial charge in [0.05, 0.1) is 5.69 Å². The lowest BCUT2D eigenvalue weighted by Crippen LogP contribution is -2.08. The Kier molecular flexibility index (Phi) is 4.50. The third-order valence-corrected chi connectivity index (χ3v) is 5.28. The van der Waals surface area contributed by atoms with Crippen LogP contribution in [0.1, 0.15) is 10.4 Å². The van der Waals surface area contributed by atoms with Crippen LogP contribution in [0.5, 0.6) is 0 Å². The molecule has 0 fully saturated rings. The smallest absolute Gasteiger partial charge is 0.180 e. The fourth-order valence-electron chi connectivity index (χ4n) is 1.96. The molecular formula is C14H15N3O2S2. The minimum Gasteiger partial charge on any atom is -0.396 e. The summed E-state index contributed by atoms with van der Waals surface area (Å²) in [4.78, 5) is 0.245. The van der Waals surface area contributed by atoms with Crippen LogP contribution in [0.25, 0.3) is 0 Å². The van der Waals surface area contributed by atoms with Crippen molar-refractivity contribution in [2.75, 3.05) is 23.9 Å². The molecule has 2 aromatic rings. The first kappa shape index (κ1) is 15.4. The fraction of sp³-hybridized carbons (Fsp3) is 0.214. The summed E-state index contributed by atoms with van der Waals surface area (Å²) in [7, 11) is -3.48. The van der Waals surface area contributed by atoms with Crippen molar-refractivity contribution in [2.45, 2.75) is 11.3 Å². The molecule has 7 heteroatoms. The number of sulfone groups is 1. The van der Waals surface area contributed by atoms with Crippen LogP contribution in [0.15, 0.2) is 35.2 Å². The highest BCUT2D eigenvalue weighted by molar-refractivity contribution is 7.91. The standard InChI is InChI=1S/C14H15N3O2S2/c1-21(18,19)13-12(16)11(9-15)20-14(13)17-8-7-10-5-3-2-4-6-10/h2-6,17H,7-8,16H2,1H3. The van der Waals surface area contributed by atoms with Gasteiger partial charge in [-0.2, -0.15) is 5.26 Å². The number of nitrogen functional groups attached to an aromatic ring is 1. The second kappa shape index (κ2) is 6.16. The van der Waals surface area contributed by atoms with Gasteiger partial charge in [-0.05, 0) is 12.0 Å². The number of nitriles is 1. The summed E-state index contributed by atoms with van der Waals surface area (Å²) in [5, 5.41) is 12.5. The van der Waals surface area contributed by atoms with Gasteiger partial charge in [-0.1, -0.05) is 30.3 Å². The number of nitrogens with zero attached hydrogens (tertiary/aromatic N) is 1.